The Morgan fingerprint density at radius 2 is 2.04 bits per heavy atom. The minimum Gasteiger partial charge on any atom is -0.300 e. The summed E-state index contributed by atoms with van der Waals surface area (Å²) >= 11 is 2.63. The predicted octanol–water partition coefficient (Wildman–Crippen LogP) is 5.01. The van der Waals surface area contributed by atoms with E-state index in [0.717, 1.165) is 5.56 Å². The number of thioether (sulfide) groups is 1. The van der Waals surface area contributed by atoms with Crippen molar-refractivity contribution >= 4 is 34.1 Å². The molecule has 1 aliphatic carbocycles. The zero-order valence-corrected chi connectivity index (χ0v) is 16.3. The Morgan fingerprint density at radius 1 is 1.29 bits per heavy atom. The van der Waals surface area contributed by atoms with Crippen LogP contribution in [0.15, 0.2) is 28.6 Å². The molecule has 148 valence electrons. The number of nitrogens with one attached hydrogen (secondary N) is 1. The Balaban J connectivity index is 1.52. The molecule has 1 aromatic heterocycles. The molecule has 10 heteroatoms. The number of hydrogen-bond acceptors (Lipinski definition) is 6. The molecule has 5 nitrogen and oxygen atoms in total. The van der Waals surface area contributed by atoms with Crippen molar-refractivity contribution in [3.63, 3.8) is 0 Å². The van der Waals surface area contributed by atoms with E-state index in [1.54, 1.807) is 12.1 Å². The van der Waals surface area contributed by atoms with Crippen LogP contribution in [0.2, 0.25) is 0 Å². The van der Waals surface area contributed by atoms with Gasteiger partial charge in [-0.1, -0.05) is 41.7 Å². The van der Waals surface area contributed by atoms with Gasteiger partial charge in [0.25, 0.3) is 0 Å². The summed E-state index contributed by atoms with van der Waals surface area (Å²) in [4.78, 5) is 12.3. The zero-order valence-electron chi connectivity index (χ0n) is 14.7. The van der Waals surface area contributed by atoms with Crippen LogP contribution in [0.4, 0.5) is 18.3 Å². The molecule has 3 rings (SSSR count). The Bertz CT molecular complexity index is 861. The summed E-state index contributed by atoms with van der Waals surface area (Å²) < 4.78 is 39.4. The molecule has 2 aromatic rings. The molecule has 1 amide bonds. The van der Waals surface area contributed by atoms with E-state index in [2.05, 4.69) is 21.6 Å². The SMILES string of the molecule is N#Cc1ccc(CSc2nnc(NC(=O)[C@@H]3CCC[C@@H](C(F)(F)F)C3)s2)cc1. The standard InChI is InChI=1S/C18H17F3N4OS2/c19-18(20,21)14-3-1-2-13(8-14)15(26)23-16-24-25-17(28-16)27-10-12-6-4-11(9-22)5-7-12/h4-7,13-14H,1-3,8,10H2,(H,23,24,26)/t13-,14-/m1/s1. The summed E-state index contributed by atoms with van der Waals surface area (Å²) in [6.07, 6.45) is -3.49. The summed E-state index contributed by atoms with van der Waals surface area (Å²) in [5.74, 6) is -1.86. The van der Waals surface area contributed by atoms with Crippen molar-refractivity contribution in [3.8, 4) is 6.07 Å². The molecule has 0 unspecified atom stereocenters. The third-order valence-electron chi connectivity index (χ3n) is 4.59. The van der Waals surface area contributed by atoms with Gasteiger partial charge in [0.1, 0.15) is 0 Å². The molecule has 0 saturated heterocycles. The van der Waals surface area contributed by atoms with Crippen molar-refractivity contribution in [2.45, 2.75) is 42.0 Å². The lowest BCUT2D eigenvalue weighted by Crippen LogP contribution is -2.34. The van der Waals surface area contributed by atoms with Crippen LogP contribution in [-0.4, -0.2) is 22.3 Å². The van der Waals surface area contributed by atoms with Gasteiger partial charge in [-0.05, 0) is 37.0 Å². The number of carbonyl (C=O) groups excluding carboxylic acids is 1. The number of halogens is 3. The van der Waals surface area contributed by atoms with Crippen molar-refractivity contribution < 1.29 is 18.0 Å². The van der Waals surface area contributed by atoms with Gasteiger partial charge in [-0.2, -0.15) is 18.4 Å². The van der Waals surface area contributed by atoms with E-state index in [1.807, 2.05) is 12.1 Å². The highest BCUT2D eigenvalue weighted by atomic mass is 32.2. The molecule has 2 atom stereocenters. The van der Waals surface area contributed by atoms with Crippen LogP contribution in [0, 0.1) is 23.2 Å². The molecule has 1 heterocycles. The summed E-state index contributed by atoms with van der Waals surface area (Å²) in [6, 6.07) is 9.24. The van der Waals surface area contributed by atoms with Gasteiger partial charge in [0.15, 0.2) is 4.34 Å². The van der Waals surface area contributed by atoms with Gasteiger partial charge in [-0.15, -0.1) is 10.2 Å². The fraction of sp³-hybridized carbons (Fsp3) is 0.444. The summed E-state index contributed by atoms with van der Waals surface area (Å²) in [6.45, 7) is 0. The highest BCUT2D eigenvalue weighted by Crippen LogP contribution is 2.40. The van der Waals surface area contributed by atoms with Crippen LogP contribution in [0.1, 0.15) is 36.8 Å². The quantitative estimate of drug-likeness (QED) is 0.537. The molecule has 1 saturated carbocycles. The maximum atomic E-state index is 12.9. The summed E-state index contributed by atoms with van der Waals surface area (Å²) in [5.41, 5.74) is 1.61. The van der Waals surface area contributed by atoms with Gasteiger partial charge in [0, 0.05) is 11.7 Å². The average molecular weight is 426 g/mol. The number of alkyl halides is 3. The maximum absolute atomic E-state index is 12.9. The number of benzene rings is 1. The normalized spacial score (nSPS) is 19.8. The smallest absolute Gasteiger partial charge is 0.300 e. The van der Waals surface area contributed by atoms with Gasteiger partial charge in [-0.3, -0.25) is 4.79 Å². The Labute approximate surface area is 168 Å². The Morgan fingerprint density at radius 3 is 2.71 bits per heavy atom. The highest BCUT2D eigenvalue weighted by Gasteiger charge is 2.43. The van der Waals surface area contributed by atoms with Gasteiger partial charge >= 0.3 is 6.18 Å². The molecule has 1 aliphatic rings. The first kappa shape index (κ1) is 20.6. The topological polar surface area (TPSA) is 78.7 Å². The van der Waals surface area contributed by atoms with Crippen molar-refractivity contribution in [2.24, 2.45) is 11.8 Å². The highest BCUT2D eigenvalue weighted by molar-refractivity contribution is 8.00. The van der Waals surface area contributed by atoms with E-state index >= 15 is 0 Å². The summed E-state index contributed by atoms with van der Waals surface area (Å²) in [5, 5.41) is 19.6. The van der Waals surface area contributed by atoms with E-state index in [4.69, 9.17) is 5.26 Å². The van der Waals surface area contributed by atoms with Crippen LogP contribution in [-0.2, 0) is 10.5 Å². The fourth-order valence-corrected chi connectivity index (χ4v) is 4.78. The molecule has 1 fully saturated rings. The summed E-state index contributed by atoms with van der Waals surface area (Å²) in [7, 11) is 0. The fourth-order valence-electron chi connectivity index (χ4n) is 3.07. The van der Waals surface area contributed by atoms with Gasteiger partial charge in [-0.25, -0.2) is 0 Å². The minimum absolute atomic E-state index is 0.0855. The number of hydrogen-bond donors (Lipinski definition) is 1. The van der Waals surface area contributed by atoms with Gasteiger partial charge in [0.05, 0.1) is 17.6 Å². The second-order valence-corrected chi connectivity index (χ2v) is 8.76. The van der Waals surface area contributed by atoms with E-state index in [9.17, 15) is 18.0 Å². The maximum Gasteiger partial charge on any atom is 0.391 e. The van der Waals surface area contributed by atoms with E-state index < -0.39 is 23.9 Å². The van der Waals surface area contributed by atoms with Gasteiger partial charge in [0.2, 0.25) is 11.0 Å². The molecule has 28 heavy (non-hydrogen) atoms. The second kappa shape index (κ2) is 8.92. The third-order valence-corrected chi connectivity index (χ3v) is 6.63. The van der Waals surface area contributed by atoms with E-state index in [-0.39, 0.29) is 12.8 Å². The lowest BCUT2D eigenvalue weighted by Gasteiger charge is -2.29. The van der Waals surface area contributed by atoms with Crippen LogP contribution < -0.4 is 5.32 Å². The number of nitrogens with zero attached hydrogens (tertiary/aromatic N) is 3. The number of rotatable bonds is 5. The predicted molar refractivity (Wildman–Crippen MR) is 101 cm³/mol. The molecule has 1 N–H and O–H groups in total. The molecular weight excluding hydrogens is 409 g/mol. The first-order valence-corrected chi connectivity index (χ1v) is 10.5. The van der Waals surface area contributed by atoms with Crippen LogP contribution in [0.5, 0.6) is 0 Å². The van der Waals surface area contributed by atoms with E-state index in [0.29, 0.717) is 33.6 Å². The molecule has 1 aromatic carbocycles. The van der Waals surface area contributed by atoms with Gasteiger partial charge < -0.3 is 5.32 Å². The number of nitriles is 1. The number of aromatic nitrogens is 2. The second-order valence-electron chi connectivity index (χ2n) is 6.56. The first-order chi connectivity index (χ1) is 13.3. The van der Waals surface area contributed by atoms with Crippen LogP contribution in [0.25, 0.3) is 0 Å². The monoisotopic (exact) mass is 426 g/mol. The molecule has 0 radical (unpaired) electrons. The zero-order chi connectivity index (χ0) is 20.1. The Hall–Kier alpha value is -2.12. The molecular formula is C18H17F3N4OS2. The largest absolute Gasteiger partial charge is 0.391 e. The molecule has 0 aliphatic heterocycles. The lowest BCUT2D eigenvalue weighted by molar-refractivity contribution is -0.185. The first-order valence-electron chi connectivity index (χ1n) is 8.68. The number of amides is 1. The number of carbonyl (C=O) groups is 1. The van der Waals surface area contributed by atoms with E-state index in [1.165, 1.54) is 23.1 Å². The average Bonchev–Trinajstić information content (AvgIpc) is 3.13. The molecule has 0 spiro atoms. The van der Waals surface area contributed by atoms with Crippen LogP contribution >= 0.6 is 23.1 Å². The third kappa shape index (κ3) is 5.45. The lowest BCUT2D eigenvalue weighted by atomic mass is 9.80. The Kier molecular flexibility index (Phi) is 6.57. The van der Waals surface area contributed by atoms with Crippen molar-refractivity contribution in [2.75, 3.05) is 5.32 Å². The number of anilines is 1. The molecule has 0 bridgehead atoms. The van der Waals surface area contributed by atoms with Crippen molar-refractivity contribution in [1.29, 1.82) is 5.26 Å². The van der Waals surface area contributed by atoms with Crippen LogP contribution in [0.3, 0.4) is 0 Å². The van der Waals surface area contributed by atoms with Crippen molar-refractivity contribution in [1.82, 2.24) is 10.2 Å². The minimum atomic E-state index is -4.25. The van der Waals surface area contributed by atoms with Crippen molar-refractivity contribution in [3.05, 3.63) is 35.4 Å².